The minimum Gasteiger partial charge on any atom is -0.478 e. The van der Waals surface area contributed by atoms with Gasteiger partial charge in [0.05, 0.1) is 15.5 Å². The zero-order valence-electron chi connectivity index (χ0n) is 13.5. The maximum absolute atomic E-state index is 12.3. The van der Waals surface area contributed by atoms with Crippen molar-refractivity contribution in [1.29, 1.82) is 0 Å². The van der Waals surface area contributed by atoms with Gasteiger partial charge in [0.2, 0.25) is 10.0 Å². The SMILES string of the molecule is CC(C)(C)NS(=O)(=O)c1ccc(-c2ccc(C(=O)O)c(Cl)c2)cc1. The van der Waals surface area contributed by atoms with Crippen LogP contribution >= 0.6 is 11.6 Å². The summed E-state index contributed by atoms with van der Waals surface area (Å²) in [6, 6.07) is 10.9. The maximum Gasteiger partial charge on any atom is 0.337 e. The Bertz CT molecular complexity index is 868. The van der Waals surface area contributed by atoms with E-state index in [0.29, 0.717) is 5.56 Å². The summed E-state index contributed by atoms with van der Waals surface area (Å²) in [4.78, 5) is 11.1. The highest BCUT2D eigenvalue weighted by Crippen LogP contribution is 2.27. The Morgan fingerprint density at radius 2 is 1.58 bits per heavy atom. The van der Waals surface area contributed by atoms with Crippen LogP contribution in [0.4, 0.5) is 0 Å². The Labute approximate surface area is 146 Å². The van der Waals surface area contributed by atoms with Gasteiger partial charge in [0.15, 0.2) is 0 Å². The molecular weight excluding hydrogens is 350 g/mol. The molecule has 0 aliphatic carbocycles. The first-order valence-electron chi connectivity index (χ1n) is 7.17. The summed E-state index contributed by atoms with van der Waals surface area (Å²) in [5, 5.41) is 9.12. The minimum absolute atomic E-state index is 0.0222. The largest absolute Gasteiger partial charge is 0.478 e. The van der Waals surface area contributed by atoms with Crippen LogP contribution in [-0.2, 0) is 10.0 Å². The van der Waals surface area contributed by atoms with Crippen molar-refractivity contribution in [3.05, 3.63) is 53.1 Å². The second-order valence-corrected chi connectivity index (χ2v) is 8.47. The number of aromatic carboxylic acids is 1. The molecule has 128 valence electrons. The fourth-order valence-electron chi connectivity index (χ4n) is 2.16. The quantitative estimate of drug-likeness (QED) is 0.861. The van der Waals surface area contributed by atoms with E-state index in [1.165, 1.54) is 18.2 Å². The molecular formula is C17H18ClNO4S. The molecule has 0 fully saturated rings. The molecule has 0 amide bonds. The predicted molar refractivity (Wildman–Crippen MR) is 93.9 cm³/mol. The van der Waals surface area contributed by atoms with Crippen LogP contribution in [-0.4, -0.2) is 25.0 Å². The molecule has 0 aliphatic rings. The van der Waals surface area contributed by atoms with Crippen molar-refractivity contribution in [2.24, 2.45) is 0 Å². The zero-order chi connectivity index (χ0) is 18.1. The van der Waals surface area contributed by atoms with Gasteiger partial charge >= 0.3 is 5.97 Å². The first-order chi connectivity index (χ1) is 11.0. The Kier molecular flexibility index (Phi) is 5.03. The van der Waals surface area contributed by atoms with Gasteiger partial charge < -0.3 is 5.11 Å². The summed E-state index contributed by atoms with van der Waals surface area (Å²) in [6.45, 7) is 5.31. The Balaban J connectivity index is 2.33. The molecule has 2 aromatic carbocycles. The number of hydrogen-bond donors (Lipinski definition) is 2. The summed E-state index contributed by atoms with van der Waals surface area (Å²) in [5.41, 5.74) is 0.896. The standard InChI is InChI=1S/C17H18ClNO4S/c1-17(2,3)19-24(22,23)13-7-4-11(5-8-13)12-6-9-14(16(20)21)15(18)10-12/h4-10,19H,1-3H3,(H,20,21). The molecule has 0 spiro atoms. The molecule has 0 aliphatic heterocycles. The maximum atomic E-state index is 12.3. The van der Waals surface area contributed by atoms with Crippen LogP contribution in [0.5, 0.6) is 0 Å². The van der Waals surface area contributed by atoms with E-state index in [9.17, 15) is 13.2 Å². The van der Waals surface area contributed by atoms with Crippen molar-refractivity contribution in [2.45, 2.75) is 31.2 Å². The number of rotatable bonds is 4. The van der Waals surface area contributed by atoms with Crippen LogP contribution in [0, 0.1) is 0 Å². The minimum atomic E-state index is -3.60. The van der Waals surface area contributed by atoms with E-state index in [-0.39, 0.29) is 15.5 Å². The first-order valence-corrected chi connectivity index (χ1v) is 9.03. The van der Waals surface area contributed by atoms with Gasteiger partial charge in [0.1, 0.15) is 0 Å². The van der Waals surface area contributed by atoms with Gasteiger partial charge in [-0.25, -0.2) is 17.9 Å². The molecule has 7 heteroatoms. The zero-order valence-corrected chi connectivity index (χ0v) is 15.1. The molecule has 0 atom stereocenters. The Morgan fingerprint density at radius 3 is 2.04 bits per heavy atom. The lowest BCUT2D eigenvalue weighted by Gasteiger charge is -2.20. The molecule has 0 bridgehead atoms. The van der Waals surface area contributed by atoms with E-state index >= 15 is 0 Å². The molecule has 0 aromatic heterocycles. The molecule has 2 rings (SSSR count). The van der Waals surface area contributed by atoms with Gasteiger partial charge in [-0.15, -0.1) is 0 Å². The molecule has 0 radical (unpaired) electrons. The number of sulfonamides is 1. The molecule has 24 heavy (non-hydrogen) atoms. The lowest BCUT2D eigenvalue weighted by Crippen LogP contribution is -2.40. The summed E-state index contributed by atoms with van der Waals surface area (Å²) in [7, 11) is -3.60. The number of hydrogen-bond acceptors (Lipinski definition) is 3. The molecule has 0 saturated heterocycles. The number of benzene rings is 2. The fourth-order valence-corrected chi connectivity index (χ4v) is 3.84. The van der Waals surface area contributed by atoms with E-state index in [1.807, 2.05) is 0 Å². The number of carboxylic acids is 1. The average Bonchev–Trinajstić information content (AvgIpc) is 2.44. The number of nitrogens with one attached hydrogen (secondary N) is 1. The van der Waals surface area contributed by atoms with Crippen LogP contribution in [0.2, 0.25) is 5.02 Å². The second-order valence-electron chi connectivity index (χ2n) is 6.38. The first kappa shape index (κ1) is 18.4. The van der Waals surface area contributed by atoms with Crippen molar-refractivity contribution in [3.8, 4) is 11.1 Å². The van der Waals surface area contributed by atoms with E-state index < -0.39 is 21.5 Å². The van der Waals surface area contributed by atoms with Crippen LogP contribution in [0.25, 0.3) is 11.1 Å². The van der Waals surface area contributed by atoms with Crippen molar-refractivity contribution in [3.63, 3.8) is 0 Å². The van der Waals surface area contributed by atoms with Crippen molar-refractivity contribution < 1.29 is 18.3 Å². The number of carbonyl (C=O) groups is 1. The normalized spacial score (nSPS) is 12.2. The molecule has 2 N–H and O–H groups in total. The third-order valence-electron chi connectivity index (χ3n) is 3.14. The third-order valence-corrected chi connectivity index (χ3v) is 5.22. The predicted octanol–water partition coefficient (Wildman–Crippen LogP) is 3.78. The van der Waals surface area contributed by atoms with E-state index in [4.69, 9.17) is 16.7 Å². The molecule has 2 aromatic rings. The van der Waals surface area contributed by atoms with Crippen molar-refractivity contribution >= 4 is 27.6 Å². The Hall–Kier alpha value is -1.89. The molecule has 0 unspecified atom stereocenters. The summed E-state index contributed by atoms with van der Waals surface area (Å²) in [5.74, 6) is -1.10. The highest BCUT2D eigenvalue weighted by molar-refractivity contribution is 7.89. The van der Waals surface area contributed by atoms with E-state index in [1.54, 1.807) is 45.0 Å². The smallest absolute Gasteiger partial charge is 0.337 e. The highest BCUT2D eigenvalue weighted by atomic mass is 35.5. The summed E-state index contributed by atoms with van der Waals surface area (Å²) in [6.07, 6.45) is 0. The fraction of sp³-hybridized carbons (Fsp3) is 0.235. The van der Waals surface area contributed by atoms with Crippen molar-refractivity contribution in [2.75, 3.05) is 0 Å². The van der Waals surface area contributed by atoms with Crippen LogP contribution < -0.4 is 4.72 Å². The van der Waals surface area contributed by atoms with Gasteiger partial charge in [0.25, 0.3) is 0 Å². The number of carboxylic acid groups (broad SMARTS) is 1. The third kappa shape index (κ3) is 4.35. The van der Waals surface area contributed by atoms with Crippen LogP contribution in [0.1, 0.15) is 31.1 Å². The molecule has 0 saturated carbocycles. The Morgan fingerprint density at radius 1 is 1.04 bits per heavy atom. The average molecular weight is 368 g/mol. The topological polar surface area (TPSA) is 83.5 Å². The van der Waals surface area contributed by atoms with E-state index in [0.717, 1.165) is 5.56 Å². The van der Waals surface area contributed by atoms with Gasteiger partial charge in [-0.2, -0.15) is 0 Å². The highest BCUT2D eigenvalue weighted by Gasteiger charge is 2.21. The van der Waals surface area contributed by atoms with E-state index in [2.05, 4.69) is 4.72 Å². The van der Waals surface area contributed by atoms with Crippen molar-refractivity contribution in [1.82, 2.24) is 4.72 Å². The molecule has 0 heterocycles. The monoisotopic (exact) mass is 367 g/mol. The van der Waals surface area contributed by atoms with Gasteiger partial charge in [-0.05, 0) is 56.2 Å². The van der Waals surface area contributed by atoms with Crippen LogP contribution in [0.15, 0.2) is 47.4 Å². The number of halogens is 1. The van der Waals surface area contributed by atoms with Gasteiger partial charge in [-0.3, -0.25) is 0 Å². The second kappa shape index (κ2) is 6.55. The van der Waals surface area contributed by atoms with Gasteiger partial charge in [0, 0.05) is 5.54 Å². The lowest BCUT2D eigenvalue weighted by molar-refractivity contribution is 0.0697. The molecule has 5 nitrogen and oxygen atoms in total. The van der Waals surface area contributed by atoms with Crippen LogP contribution in [0.3, 0.4) is 0 Å². The summed E-state index contributed by atoms with van der Waals surface area (Å²) >= 11 is 5.96. The lowest BCUT2D eigenvalue weighted by atomic mass is 10.0. The van der Waals surface area contributed by atoms with Gasteiger partial charge in [-0.1, -0.05) is 29.8 Å². The summed E-state index contributed by atoms with van der Waals surface area (Å²) < 4.78 is 27.1.